The molecule has 1 saturated heterocycles. The molecule has 154 valence electrons. The van der Waals surface area contributed by atoms with Crippen molar-refractivity contribution in [1.82, 2.24) is 9.80 Å². The third-order valence-electron chi connectivity index (χ3n) is 5.56. The summed E-state index contributed by atoms with van der Waals surface area (Å²) in [5.41, 5.74) is 1.65. The van der Waals surface area contributed by atoms with Crippen molar-refractivity contribution in [1.29, 1.82) is 0 Å². The van der Waals surface area contributed by atoms with Crippen LogP contribution in [0.25, 0.3) is 10.8 Å². The van der Waals surface area contributed by atoms with E-state index in [-0.39, 0.29) is 11.6 Å². The topological polar surface area (TPSA) is 66.7 Å². The zero-order valence-electron chi connectivity index (χ0n) is 16.8. The van der Waals surface area contributed by atoms with Crippen LogP contribution in [0, 0.1) is 10.1 Å². The van der Waals surface area contributed by atoms with Gasteiger partial charge in [0.05, 0.1) is 9.82 Å². The van der Waals surface area contributed by atoms with E-state index in [1.165, 1.54) is 34.2 Å². The number of rotatable bonds is 5. The number of carbonyl (C=O) groups is 1. The highest BCUT2D eigenvalue weighted by Crippen LogP contribution is 2.29. The maximum Gasteiger partial charge on any atom is 0.283 e. The van der Waals surface area contributed by atoms with Crippen molar-refractivity contribution in [3.63, 3.8) is 0 Å². The van der Waals surface area contributed by atoms with Crippen molar-refractivity contribution in [3.8, 4) is 0 Å². The Morgan fingerprint density at radius 3 is 2.50 bits per heavy atom. The van der Waals surface area contributed by atoms with Gasteiger partial charge >= 0.3 is 0 Å². The molecule has 0 spiro atoms. The molecule has 4 rings (SSSR count). The zero-order chi connectivity index (χ0) is 21.1. The first-order valence-electron chi connectivity index (χ1n) is 9.87. The number of benzene rings is 3. The quantitative estimate of drug-likeness (QED) is 0.346. The lowest BCUT2D eigenvalue weighted by molar-refractivity contribution is -0.387. The molecule has 0 saturated carbocycles. The summed E-state index contributed by atoms with van der Waals surface area (Å²) in [6.07, 6.45) is 1.79. The highest BCUT2D eigenvalue weighted by atomic mass is 32.2. The van der Waals surface area contributed by atoms with Crippen LogP contribution in [0.3, 0.4) is 0 Å². The van der Waals surface area contributed by atoms with Gasteiger partial charge in [0, 0.05) is 44.4 Å². The Morgan fingerprint density at radius 1 is 1.03 bits per heavy atom. The van der Waals surface area contributed by atoms with Crippen LogP contribution in [0.1, 0.15) is 15.9 Å². The Balaban J connectivity index is 1.42. The normalized spacial score (nSPS) is 14.8. The van der Waals surface area contributed by atoms with Crippen LogP contribution < -0.4 is 0 Å². The van der Waals surface area contributed by atoms with Gasteiger partial charge in [0.1, 0.15) is 0 Å². The molecule has 1 aliphatic heterocycles. The molecule has 1 heterocycles. The van der Waals surface area contributed by atoms with Gasteiger partial charge in [0.15, 0.2) is 0 Å². The summed E-state index contributed by atoms with van der Waals surface area (Å²) >= 11 is 1.31. The third kappa shape index (κ3) is 4.17. The SMILES string of the molecule is CSc1ccc(C(=O)N2CCN(Cc3cccc4ccccc34)CC2)cc1[N+](=O)[O-]. The Morgan fingerprint density at radius 2 is 1.77 bits per heavy atom. The molecule has 1 aliphatic rings. The van der Waals surface area contributed by atoms with E-state index < -0.39 is 4.92 Å². The van der Waals surface area contributed by atoms with Crippen LogP contribution in [0.5, 0.6) is 0 Å². The lowest BCUT2D eigenvalue weighted by Gasteiger charge is -2.35. The predicted octanol–water partition coefficient (Wildman–Crippen LogP) is 4.43. The Kier molecular flexibility index (Phi) is 6.01. The van der Waals surface area contributed by atoms with E-state index in [0.717, 1.165) is 19.6 Å². The molecule has 1 amide bonds. The number of nitro groups is 1. The maximum absolute atomic E-state index is 12.9. The fourth-order valence-corrected chi connectivity index (χ4v) is 4.48. The fraction of sp³-hybridized carbons (Fsp3) is 0.261. The summed E-state index contributed by atoms with van der Waals surface area (Å²) in [6, 6.07) is 19.5. The van der Waals surface area contributed by atoms with Crippen LogP contribution in [0.4, 0.5) is 5.69 Å². The molecule has 0 radical (unpaired) electrons. The van der Waals surface area contributed by atoms with Crippen molar-refractivity contribution >= 4 is 34.1 Å². The molecule has 1 fully saturated rings. The zero-order valence-corrected chi connectivity index (χ0v) is 17.6. The average molecular weight is 422 g/mol. The molecule has 0 aliphatic carbocycles. The molecule has 0 N–H and O–H groups in total. The molecule has 7 heteroatoms. The summed E-state index contributed by atoms with van der Waals surface area (Å²) < 4.78 is 0. The summed E-state index contributed by atoms with van der Waals surface area (Å²) in [5.74, 6) is -0.143. The van der Waals surface area contributed by atoms with E-state index in [1.807, 2.05) is 6.07 Å². The summed E-state index contributed by atoms with van der Waals surface area (Å²) in [7, 11) is 0. The molecule has 0 unspecified atom stereocenters. The molecule has 6 nitrogen and oxygen atoms in total. The first kappa shape index (κ1) is 20.4. The average Bonchev–Trinajstić information content (AvgIpc) is 2.79. The molecule has 0 aromatic heterocycles. The lowest BCUT2D eigenvalue weighted by atomic mass is 10.0. The molecule has 30 heavy (non-hydrogen) atoms. The van der Waals surface area contributed by atoms with Crippen molar-refractivity contribution in [3.05, 3.63) is 81.9 Å². The van der Waals surface area contributed by atoms with Crippen molar-refractivity contribution in [2.24, 2.45) is 0 Å². The second-order valence-electron chi connectivity index (χ2n) is 7.35. The van der Waals surface area contributed by atoms with Crippen molar-refractivity contribution in [2.75, 3.05) is 32.4 Å². The highest BCUT2D eigenvalue weighted by molar-refractivity contribution is 7.98. The number of fused-ring (bicyclic) bond motifs is 1. The minimum atomic E-state index is -0.426. The predicted molar refractivity (Wildman–Crippen MR) is 120 cm³/mol. The summed E-state index contributed by atoms with van der Waals surface area (Å²) in [5, 5.41) is 13.8. The number of nitro benzene ring substituents is 1. The standard InChI is InChI=1S/C23H23N3O3S/c1-30-22-10-9-18(15-21(22)26(28)29)23(27)25-13-11-24(12-14-25)16-19-7-4-6-17-5-2-3-8-20(17)19/h2-10,15H,11-14,16H2,1H3. The van der Waals surface area contributed by atoms with E-state index in [4.69, 9.17) is 0 Å². The molecular formula is C23H23N3O3S. The highest BCUT2D eigenvalue weighted by Gasteiger charge is 2.24. The number of hydrogen-bond donors (Lipinski definition) is 0. The summed E-state index contributed by atoms with van der Waals surface area (Å²) in [6.45, 7) is 3.63. The molecule has 3 aromatic carbocycles. The smallest absolute Gasteiger partial charge is 0.283 e. The third-order valence-corrected chi connectivity index (χ3v) is 6.34. The largest absolute Gasteiger partial charge is 0.336 e. The first-order chi connectivity index (χ1) is 14.6. The minimum Gasteiger partial charge on any atom is -0.336 e. The second-order valence-corrected chi connectivity index (χ2v) is 8.20. The van der Waals surface area contributed by atoms with E-state index in [9.17, 15) is 14.9 Å². The van der Waals surface area contributed by atoms with Crippen LogP contribution >= 0.6 is 11.8 Å². The van der Waals surface area contributed by atoms with Gasteiger partial charge in [-0.25, -0.2) is 0 Å². The monoisotopic (exact) mass is 421 g/mol. The number of amides is 1. The number of carbonyl (C=O) groups excluding carboxylic acids is 1. The number of nitrogens with zero attached hydrogens (tertiary/aromatic N) is 3. The molecule has 3 aromatic rings. The Labute approximate surface area is 179 Å². The maximum atomic E-state index is 12.9. The van der Waals surface area contributed by atoms with E-state index in [2.05, 4.69) is 41.3 Å². The van der Waals surface area contributed by atoms with Gasteiger partial charge in [0.2, 0.25) is 0 Å². The van der Waals surface area contributed by atoms with Gasteiger partial charge in [-0.2, -0.15) is 0 Å². The minimum absolute atomic E-state index is 0.0112. The summed E-state index contributed by atoms with van der Waals surface area (Å²) in [4.78, 5) is 28.5. The second kappa shape index (κ2) is 8.85. The molecule has 0 atom stereocenters. The first-order valence-corrected chi connectivity index (χ1v) is 11.1. The molecular weight excluding hydrogens is 398 g/mol. The van der Waals surface area contributed by atoms with E-state index in [0.29, 0.717) is 23.5 Å². The van der Waals surface area contributed by atoms with Crippen molar-refractivity contribution < 1.29 is 9.72 Å². The number of hydrogen-bond acceptors (Lipinski definition) is 5. The van der Waals surface area contributed by atoms with Gasteiger partial charge in [-0.1, -0.05) is 42.5 Å². The van der Waals surface area contributed by atoms with Gasteiger partial charge in [-0.3, -0.25) is 19.8 Å². The van der Waals surface area contributed by atoms with Crippen LogP contribution in [-0.2, 0) is 6.54 Å². The Hall–Kier alpha value is -2.90. The van der Waals surface area contributed by atoms with Crippen LogP contribution in [0.2, 0.25) is 0 Å². The lowest BCUT2D eigenvalue weighted by Crippen LogP contribution is -2.48. The molecule has 0 bridgehead atoms. The van der Waals surface area contributed by atoms with E-state index >= 15 is 0 Å². The number of piperazine rings is 1. The van der Waals surface area contributed by atoms with Crippen LogP contribution in [-0.4, -0.2) is 53.1 Å². The van der Waals surface area contributed by atoms with Crippen LogP contribution in [0.15, 0.2) is 65.6 Å². The van der Waals surface area contributed by atoms with Gasteiger partial charge in [-0.15, -0.1) is 11.8 Å². The van der Waals surface area contributed by atoms with Crippen molar-refractivity contribution in [2.45, 2.75) is 11.4 Å². The number of thioether (sulfide) groups is 1. The fourth-order valence-electron chi connectivity index (χ4n) is 3.93. The Bertz CT molecular complexity index is 1090. The van der Waals surface area contributed by atoms with Gasteiger partial charge < -0.3 is 4.90 Å². The van der Waals surface area contributed by atoms with Gasteiger partial charge in [0.25, 0.3) is 11.6 Å². The van der Waals surface area contributed by atoms with Gasteiger partial charge in [-0.05, 0) is 34.7 Å². The van der Waals surface area contributed by atoms with E-state index in [1.54, 1.807) is 23.3 Å².